The van der Waals surface area contributed by atoms with E-state index in [0.717, 1.165) is 38.2 Å². The van der Waals surface area contributed by atoms with E-state index < -0.39 is 0 Å². The second kappa shape index (κ2) is 10.0. The second-order valence-corrected chi connectivity index (χ2v) is 8.17. The molecule has 2 aromatic carbocycles. The largest absolute Gasteiger partial charge is 0.489 e. The first-order valence-electron chi connectivity index (χ1n) is 10.6. The number of anilines is 3. The average molecular weight is 430 g/mol. The van der Waals surface area contributed by atoms with Crippen molar-refractivity contribution in [2.45, 2.75) is 31.8 Å². The van der Waals surface area contributed by atoms with Crippen LogP contribution in [0.1, 0.15) is 25.7 Å². The number of hydrogen-bond donors (Lipinski definition) is 2. The van der Waals surface area contributed by atoms with Crippen molar-refractivity contribution < 1.29 is 14.3 Å². The van der Waals surface area contributed by atoms with Crippen LogP contribution in [0.15, 0.2) is 42.5 Å². The zero-order valence-corrected chi connectivity index (χ0v) is 17.8. The van der Waals surface area contributed by atoms with E-state index in [4.69, 9.17) is 21.1 Å². The van der Waals surface area contributed by atoms with Crippen LogP contribution in [-0.4, -0.2) is 44.9 Å². The van der Waals surface area contributed by atoms with Crippen LogP contribution in [0, 0.1) is 0 Å². The summed E-state index contributed by atoms with van der Waals surface area (Å²) in [5, 5.41) is 6.65. The molecular formula is C23H28ClN3O3. The summed E-state index contributed by atoms with van der Waals surface area (Å²) in [4.78, 5) is 14.8. The molecule has 160 valence electrons. The smallest absolute Gasteiger partial charge is 0.243 e. The third-order valence-corrected chi connectivity index (χ3v) is 5.69. The fourth-order valence-electron chi connectivity index (χ4n) is 3.84. The van der Waals surface area contributed by atoms with Crippen LogP contribution in [0.5, 0.6) is 5.75 Å². The highest BCUT2D eigenvalue weighted by molar-refractivity contribution is 6.31. The van der Waals surface area contributed by atoms with E-state index in [2.05, 4.69) is 27.7 Å². The summed E-state index contributed by atoms with van der Waals surface area (Å²) >= 11 is 6.13. The number of carbonyl (C=O) groups excluding carboxylic acids is 1. The van der Waals surface area contributed by atoms with Crippen LogP contribution in [0.2, 0.25) is 5.02 Å². The molecule has 6 nitrogen and oxygen atoms in total. The fraction of sp³-hybridized carbons (Fsp3) is 0.435. The molecule has 2 aliphatic heterocycles. The van der Waals surface area contributed by atoms with Gasteiger partial charge in [-0.15, -0.1) is 0 Å². The molecule has 0 bridgehead atoms. The van der Waals surface area contributed by atoms with Gasteiger partial charge in [-0.3, -0.25) is 4.79 Å². The van der Waals surface area contributed by atoms with Gasteiger partial charge in [0.05, 0.1) is 18.3 Å². The molecule has 0 aliphatic carbocycles. The van der Waals surface area contributed by atoms with Crippen molar-refractivity contribution in [1.29, 1.82) is 0 Å². The molecule has 0 spiro atoms. The second-order valence-electron chi connectivity index (χ2n) is 7.73. The monoisotopic (exact) mass is 429 g/mol. The van der Waals surface area contributed by atoms with Gasteiger partial charge in [0.2, 0.25) is 5.91 Å². The highest BCUT2D eigenvalue weighted by atomic mass is 35.5. The van der Waals surface area contributed by atoms with Crippen molar-refractivity contribution in [3.05, 3.63) is 47.5 Å². The number of carbonyl (C=O) groups is 1. The fourth-order valence-corrected chi connectivity index (χ4v) is 4.01. The Kier molecular flexibility index (Phi) is 6.97. The third-order valence-electron chi connectivity index (χ3n) is 5.45. The lowest BCUT2D eigenvalue weighted by molar-refractivity contribution is -0.114. The quantitative estimate of drug-likeness (QED) is 0.644. The number of benzene rings is 2. The molecule has 1 atom stereocenters. The summed E-state index contributed by atoms with van der Waals surface area (Å²) in [5.41, 5.74) is 2.68. The summed E-state index contributed by atoms with van der Waals surface area (Å²) in [5.74, 6) is 0.534. The molecule has 2 saturated heterocycles. The Labute approximate surface area is 182 Å². The normalized spacial score (nSPS) is 18.4. The molecule has 0 radical (unpaired) electrons. The van der Waals surface area contributed by atoms with E-state index in [1.54, 1.807) is 12.1 Å². The number of halogens is 1. The van der Waals surface area contributed by atoms with Crippen molar-refractivity contribution in [2.75, 3.05) is 48.4 Å². The molecule has 2 aliphatic rings. The summed E-state index contributed by atoms with van der Waals surface area (Å²) in [7, 11) is 0. The predicted octanol–water partition coefficient (Wildman–Crippen LogP) is 4.55. The van der Waals surface area contributed by atoms with Gasteiger partial charge in [0.15, 0.2) is 0 Å². The molecule has 30 heavy (non-hydrogen) atoms. The number of nitrogens with one attached hydrogen (secondary N) is 2. The number of amides is 1. The van der Waals surface area contributed by atoms with Crippen molar-refractivity contribution in [3.8, 4) is 5.75 Å². The Morgan fingerprint density at radius 2 is 1.93 bits per heavy atom. The molecule has 7 heteroatoms. The molecule has 4 rings (SSSR count). The maximum Gasteiger partial charge on any atom is 0.243 e. The van der Waals surface area contributed by atoms with Gasteiger partial charge in [-0.2, -0.15) is 0 Å². The highest BCUT2D eigenvalue weighted by Gasteiger charge is 2.17. The first-order valence-corrected chi connectivity index (χ1v) is 11.0. The van der Waals surface area contributed by atoms with Gasteiger partial charge >= 0.3 is 0 Å². The maximum absolute atomic E-state index is 12.4. The van der Waals surface area contributed by atoms with Crippen LogP contribution >= 0.6 is 11.6 Å². The topological polar surface area (TPSA) is 62.8 Å². The van der Waals surface area contributed by atoms with Crippen molar-refractivity contribution in [2.24, 2.45) is 0 Å². The lowest BCUT2D eigenvalue weighted by atomic mass is 10.2. The van der Waals surface area contributed by atoms with Crippen LogP contribution in [0.25, 0.3) is 0 Å². The SMILES string of the molecule is O=C(CNc1cc(Cl)ccc1OCC1CCCO1)Nc1ccc(N2CCCC2)cc1. The summed E-state index contributed by atoms with van der Waals surface area (Å²) in [6.07, 6.45) is 4.69. The van der Waals surface area contributed by atoms with E-state index in [-0.39, 0.29) is 18.6 Å². The van der Waals surface area contributed by atoms with E-state index in [1.807, 2.05) is 18.2 Å². The Hall–Kier alpha value is -2.44. The van der Waals surface area contributed by atoms with Crippen LogP contribution in [-0.2, 0) is 9.53 Å². The lowest BCUT2D eigenvalue weighted by Gasteiger charge is -2.18. The van der Waals surface area contributed by atoms with E-state index in [1.165, 1.54) is 18.5 Å². The standard InChI is InChI=1S/C23H28ClN3O3/c24-17-5-10-22(30-16-20-4-3-13-29-20)21(14-17)25-15-23(28)26-18-6-8-19(9-7-18)27-11-1-2-12-27/h5-10,14,20,25H,1-4,11-13,15-16H2,(H,26,28). The van der Waals surface area contributed by atoms with E-state index in [9.17, 15) is 4.79 Å². The molecule has 1 unspecified atom stereocenters. The van der Waals surface area contributed by atoms with Crippen LogP contribution in [0.4, 0.5) is 17.1 Å². The van der Waals surface area contributed by atoms with Crippen molar-refractivity contribution in [3.63, 3.8) is 0 Å². The minimum Gasteiger partial charge on any atom is -0.489 e. The Morgan fingerprint density at radius 3 is 2.67 bits per heavy atom. The number of hydrogen-bond acceptors (Lipinski definition) is 5. The van der Waals surface area contributed by atoms with Gasteiger partial charge in [-0.1, -0.05) is 11.6 Å². The number of rotatable bonds is 8. The minimum atomic E-state index is -0.131. The third kappa shape index (κ3) is 5.58. The molecule has 2 heterocycles. The summed E-state index contributed by atoms with van der Waals surface area (Å²) < 4.78 is 11.5. The van der Waals surface area contributed by atoms with Crippen molar-refractivity contribution >= 4 is 34.6 Å². The minimum absolute atomic E-state index is 0.116. The lowest BCUT2D eigenvalue weighted by Crippen LogP contribution is -2.22. The highest BCUT2D eigenvalue weighted by Crippen LogP contribution is 2.29. The van der Waals surface area contributed by atoms with Gasteiger partial charge < -0.3 is 25.0 Å². The Bertz CT molecular complexity index is 847. The molecule has 2 fully saturated rings. The van der Waals surface area contributed by atoms with Crippen molar-refractivity contribution in [1.82, 2.24) is 0 Å². The zero-order chi connectivity index (χ0) is 20.8. The van der Waals surface area contributed by atoms with E-state index >= 15 is 0 Å². The summed E-state index contributed by atoms with van der Waals surface area (Å²) in [6, 6.07) is 13.4. The summed E-state index contributed by atoms with van der Waals surface area (Å²) in [6.45, 7) is 3.61. The van der Waals surface area contributed by atoms with Crippen LogP contribution < -0.4 is 20.3 Å². The zero-order valence-electron chi connectivity index (χ0n) is 17.0. The molecule has 0 aromatic heterocycles. The van der Waals surface area contributed by atoms with Gasteiger partial charge in [0.1, 0.15) is 12.4 Å². The van der Waals surface area contributed by atoms with Crippen LogP contribution in [0.3, 0.4) is 0 Å². The molecule has 2 N–H and O–H groups in total. The van der Waals surface area contributed by atoms with Gasteiger partial charge in [-0.25, -0.2) is 0 Å². The predicted molar refractivity (Wildman–Crippen MR) is 121 cm³/mol. The van der Waals surface area contributed by atoms with Gasteiger partial charge in [0.25, 0.3) is 0 Å². The average Bonchev–Trinajstić information content (AvgIpc) is 3.46. The number of nitrogens with zero attached hydrogens (tertiary/aromatic N) is 1. The first-order chi connectivity index (χ1) is 14.7. The molecular weight excluding hydrogens is 402 g/mol. The molecule has 1 amide bonds. The van der Waals surface area contributed by atoms with E-state index in [0.29, 0.717) is 23.1 Å². The number of ether oxygens (including phenoxy) is 2. The Balaban J connectivity index is 1.30. The maximum atomic E-state index is 12.4. The van der Waals surface area contributed by atoms with Gasteiger partial charge in [0, 0.05) is 36.1 Å². The van der Waals surface area contributed by atoms with Gasteiger partial charge in [-0.05, 0) is 68.1 Å². The first kappa shape index (κ1) is 20.8. The Morgan fingerprint density at radius 1 is 1.13 bits per heavy atom. The molecule has 0 saturated carbocycles. The molecule has 2 aromatic rings.